The Morgan fingerprint density at radius 3 is 2.59 bits per heavy atom. The average molecular weight is 367 g/mol. The molecule has 0 aliphatic carbocycles. The predicted molar refractivity (Wildman–Crippen MR) is 103 cm³/mol. The largest absolute Gasteiger partial charge is 0.322 e. The third kappa shape index (κ3) is 3.64. The summed E-state index contributed by atoms with van der Waals surface area (Å²) < 4.78 is 1.78. The van der Waals surface area contributed by atoms with Crippen LogP contribution in [0.15, 0.2) is 36.5 Å². The highest BCUT2D eigenvalue weighted by Gasteiger charge is 2.19. The number of amides is 1. The highest BCUT2D eigenvalue weighted by Crippen LogP contribution is 2.25. The van der Waals surface area contributed by atoms with Gasteiger partial charge in [-0.2, -0.15) is 5.10 Å². The summed E-state index contributed by atoms with van der Waals surface area (Å²) in [5.74, 6) is -0.220. The second kappa shape index (κ2) is 7.14. The van der Waals surface area contributed by atoms with E-state index in [1.165, 1.54) is 18.2 Å². The van der Waals surface area contributed by atoms with Crippen molar-refractivity contribution in [3.63, 3.8) is 0 Å². The zero-order valence-corrected chi connectivity index (χ0v) is 15.6. The summed E-state index contributed by atoms with van der Waals surface area (Å²) in [7, 11) is 0. The number of nitrogens with zero attached hydrogens (tertiary/aromatic N) is 4. The summed E-state index contributed by atoms with van der Waals surface area (Å²) in [6.07, 6.45) is 1.63. The minimum atomic E-state index is -0.496. The van der Waals surface area contributed by atoms with Gasteiger partial charge in [-0.05, 0) is 31.9 Å². The van der Waals surface area contributed by atoms with Crippen LogP contribution in [0.25, 0.3) is 11.0 Å². The number of pyridine rings is 1. The molecule has 3 rings (SSSR count). The minimum Gasteiger partial charge on any atom is -0.322 e. The molecule has 0 radical (unpaired) electrons. The third-order valence-corrected chi connectivity index (χ3v) is 4.23. The van der Waals surface area contributed by atoms with E-state index in [9.17, 15) is 14.9 Å². The van der Waals surface area contributed by atoms with Gasteiger partial charge in [0.05, 0.1) is 22.1 Å². The van der Waals surface area contributed by atoms with Crippen molar-refractivity contribution in [2.45, 2.75) is 39.7 Å². The Labute approximate surface area is 156 Å². The van der Waals surface area contributed by atoms with Crippen LogP contribution in [0.1, 0.15) is 55.7 Å². The molecule has 0 spiro atoms. The van der Waals surface area contributed by atoms with Crippen LogP contribution in [0.5, 0.6) is 0 Å². The number of carbonyl (C=O) groups excluding carboxylic acids is 1. The van der Waals surface area contributed by atoms with Crippen molar-refractivity contribution < 1.29 is 9.72 Å². The Balaban J connectivity index is 2.06. The van der Waals surface area contributed by atoms with Crippen molar-refractivity contribution in [1.82, 2.24) is 14.8 Å². The quantitative estimate of drug-likeness (QED) is 0.535. The van der Waals surface area contributed by atoms with Crippen molar-refractivity contribution in [3.8, 4) is 0 Å². The molecule has 0 saturated heterocycles. The molecular formula is C19H21N5O3. The Kier molecular flexibility index (Phi) is 4.89. The number of carbonyl (C=O) groups is 1. The van der Waals surface area contributed by atoms with Gasteiger partial charge in [0.15, 0.2) is 5.65 Å². The van der Waals surface area contributed by atoms with Crippen LogP contribution < -0.4 is 5.32 Å². The first-order valence-corrected chi connectivity index (χ1v) is 8.72. The smallest absolute Gasteiger partial charge is 0.271 e. The van der Waals surface area contributed by atoms with E-state index in [1.807, 2.05) is 27.7 Å². The second-order valence-corrected chi connectivity index (χ2v) is 6.93. The molecule has 2 heterocycles. The Morgan fingerprint density at radius 1 is 1.22 bits per heavy atom. The molecule has 0 aliphatic heterocycles. The van der Waals surface area contributed by atoms with E-state index >= 15 is 0 Å². The van der Waals surface area contributed by atoms with E-state index in [1.54, 1.807) is 23.0 Å². The lowest BCUT2D eigenvalue weighted by atomic mass is 10.0. The third-order valence-electron chi connectivity index (χ3n) is 4.23. The number of benzene rings is 1. The number of fused-ring (bicyclic) bond motifs is 1. The molecule has 27 heavy (non-hydrogen) atoms. The number of nitro groups is 1. The van der Waals surface area contributed by atoms with Crippen LogP contribution in [0.3, 0.4) is 0 Å². The van der Waals surface area contributed by atoms with Crippen molar-refractivity contribution in [2.75, 3.05) is 5.32 Å². The molecule has 140 valence electrons. The van der Waals surface area contributed by atoms with E-state index in [-0.39, 0.29) is 23.6 Å². The van der Waals surface area contributed by atoms with E-state index in [4.69, 9.17) is 0 Å². The maximum absolute atomic E-state index is 12.9. The van der Waals surface area contributed by atoms with Crippen LogP contribution in [0.2, 0.25) is 0 Å². The molecule has 2 aromatic heterocycles. The highest BCUT2D eigenvalue weighted by molar-refractivity contribution is 6.12. The fourth-order valence-electron chi connectivity index (χ4n) is 2.79. The number of anilines is 1. The van der Waals surface area contributed by atoms with Gasteiger partial charge in [-0.15, -0.1) is 0 Å². The van der Waals surface area contributed by atoms with E-state index in [0.717, 1.165) is 5.69 Å². The lowest BCUT2D eigenvalue weighted by molar-refractivity contribution is -0.384. The van der Waals surface area contributed by atoms with Crippen LogP contribution in [-0.2, 0) is 0 Å². The summed E-state index contributed by atoms with van der Waals surface area (Å²) in [5, 5.41) is 18.7. The first-order valence-electron chi connectivity index (χ1n) is 8.72. The van der Waals surface area contributed by atoms with E-state index in [2.05, 4.69) is 15.4 Å². The van der Waals surface area contributed by atoms with Gasteiger partial charge < -0.3 is 5.32 Å². The molecule has 0 aliphatic rings. The zero-order valence-electron chi connectivity index (χ0n) is 15.6. The van der Waals surface area contributed by atoms with Gasteiger partial charge in [-0.25, -0.2) is 9.67 Å². The zero-order chi connectivity index (χ0) is 19.7. The van der Waals surface area contributed by atoms with Gasteiger partial charge in [0.2, 0.25) is 0 Å². The molecule has 1 amide bonds. The average Bonchev–Trinajstić information content (AvgIpc) is 3.05. The van der Waals surface area contributed by atoms with Crippen molar-refractivity contribution in [2.24, 2.45) is 0 Å². The second-order valence-electron chi connectivity index (χ2n) is 6.93. The fourth-order valence-corrected chi connectivity index (χ4v) is 2.79. The molecule has 8 heteroatoms. The molecular weight excluding hydrogens is 346 g/mol. The lowest BCUT2D eigenvalue weighted by Gasteiger charge is -2.12. The Hall–Kier alpha value is -3.29. The number of aromatic nitrogens is 3. The van der Waals surface area contributed by atoms with E-state index < -0.39 is 4.92 Å². The Bertz CT molecular complexity index is 1020. The van der Waals surface area contributed by atoms with Crippen LogP contribution in [0, 0.1) is 10.1 Å². The molecule has 0 fully saturated rings. The topological polar surface area (TPSA) is 103 Å². The van der Waals surface area contributed by atoms with Gasteiger partial charge in [-0.1, -0.05) is 19.9 Å². The number of hydrogen-bond donors (Lipinski definition) is 1. The van der Waals surface area contributed by atoms with Gasteiger partial charge in [0.25, 0.3) is 11.6 Å². The van der Waals surface area contributed by atoms with Crippen LogP contribution in [0.4, 0.5) is 11.4 Å². The number of hydrogen-bond acceptors (Lipinski definition) is 5. The highest BCUT2D eigenvalue weighted by atomic mass is 16.6. The molecule has 0 unspecified atom stereocenters. The number of nitrogens with one attached hydrogen (secondary N) is 1. The maximum atomic E-state index is 12.9. The Morgan fingerprint density at radius 2 is 1.96 bits per heavy atom. The SMILES string of the molecule is CC(C)c1cc(C(=O)Nc2cccc([N+](=O)[O-])c2)c2cnn(C(C)C)c2n1. The number of rotatable bonds is 5. The normalized spacial score (nSPS) is 11.3. The maximum Gasteiger partial charge on any atom is 0.271 e. The summed E-state index contributed by atoms with van der Waals surface area (Å²) in [5.41, 5.74) is 2.17. The summed E-state index contributed by atoms with van der Waals surface area (Å²) in [6, 6.07) is 7.72. The number of nitro benzene ring substituents is 1. The molecule has 3 aromatic rings. The predicted octanol–water partition coefficient (Wildman–Crippen LogP) is 4.30. The number of non-ortho nitro benzene ring substituents is 1. The van der Waals surface area contributed by atoms with Gasteiger partial charge in [0.1, 0.15) is 0 Å². The van der Waals surface area contributed by atoms with Gasteiger partial charge in [-0.3, -0.25) is 14.9 Å². The van der Waals surface area contributed by atoms with Gasteiger partial charge in [0, 0.05) is 29.6 Å². The summed E-state index contributed by atoms with van der Waals surface area (Å²) >= 11 is 0. The first-order chi connectivity index (χ1) is 12.8. The first kappa shape index (κ1) is 18.5. The minimum absolute atomic E-state index is 0.0804. The van der Waals surface area contributed by atoms with Crippen molar-refractivity contribution >= 4 is 28.3 Å². The summed E-state index contributed by atoms with van der Waals surface area (Å²) in [4.78, 5) is 28.0. The molecule has 1 N–H and O–H groups in total. The molecule has 8 nitrogen and oxygen atoms in total. The standard InChI is InChI=1S/C19H21N5O3/c1-11(2)17-9-15(16-10-20-23(12(3)4)18(16)22-17)19(25)21-13-6-5-7-14(8-13)24(26)27/h5-12H,1-4H3,(H,21,25). The monoisotopic (exact) mass is 367 g/mol. The van der Waals surface area contributed by atoms with E-state index in [0.29, 0.717) is 22.3 Å². The van der Waals surface area contributed by atoms with Crippen molar-refractivity contribution in [1.29, 1.82) is 0 Å². The summed E-state index contributed by atoms with van der Waals surface area (Å²) in [6.45, 7) is 8.01. The van der Waals surface area contributed by atoms with Crippen LogP contribution >= 0.6 is 0 Å². The molecule has 0 saturated carbocycles. The lowest BCUT2D eigenvalue weighted by Crippen LogP contribution is -2.14. The molecule has 1 aromatic carbocycles. The van der Waals surface area contributed by atoms with Crippen LogP contribution in [-0.4, -0.2) is 25.6 Å². The molecule has 0 atom stereocenters. The van der Waals surface area contributed by atoms with Crippen molar-refractivity contribution in [3.05, 3.63) is 57.9 Å². The van der Waals surface area contributed by atoms with Gasteiger partial charge >= 0.3 is 0 Å². The molecule has 0 bridgehead atoms. The fraction of sp³-hybridized carbons (Fsp3) is 0.316.